The molecule has 3 N–H and O–H groups in total. The summed E-state index contributed by atoms with van der Waals surface area (Å²) in [6, 6.07) is 1.64. The Bertz CT molecular complexity index is 337. The van der Waals surface area contributed by atoms with Gasteiger partial charge in [-0.3, -0.25) is 0 Å². The van der Waals surface area contributed by atoms with Crippen LogP contribution < -0.4 is 5.73 Å². The molecule has 0 aliphatic rings. The first-order valence-electron chi connectivity index (χ1n) is 3.69. The fraction of sp³-hybridized carbons (Fsp3) is 0.111. The summed E-state index contributed by atoms with van der Waals surface area (Å²) in [4.78, 5) is 0. The lowest BCUT2D eigenvalue weighted by Gasteiger charge is -1.99. The SMILES string of the molecule is NC/C=C/c1cc(F)c(O)cc1F. The summed E-state index contributed by atoms with van der Waals surface area (Å²) in [5, 5.41) is 8.79. The van der Waals surface area contributed by atoms with Crippen molar-refractivity contribution in [3.63, 3.8) is 0 Å². The molecule has 0 aliphatic carbocycles. The number of phenols is 1. The first-order valence-corrected chi connectivity index (χ1v) is 3.69. The predicted octanol–water partition coefficient (Wildman–Crippen LogP) is 1.64. The lowest BCUT2D eigenvalue weighted by atomic mass is 10.2. The molecule has 0 aliphatic heterocycles. The average molecular weight is 185 g/mol. The predicted molar refractivity (Wildman–Crippen MR) is 46.1 cm³/mol. The van der Waals surface area contributed by atoms with Crippen molar-refractivity contribution in [3.05, 3.63) is 35.4 Å². The summed E-state index contributed by atoms with van der Waals surface area (Å²) in [5.74, 6) is -2.22. The van der Waals surface area contributed by atoms with Crippen molar-refractivity contribution < 1.29 is 13.9 Å². The molecular formula is C9H9F2NO. The molecule has 2 nitrogen and oxygen atoms in total. The molecule has 0 atom stereocenters. The van der Waals surface area contributed by atoms with Gasteiger partial charge in [0.1, 0.15) is 5.82 Å². The topological polar surface area (TPSA) is 46.2 Å². The minimum atomic E-state index is -0.849. The molecule has 0 heterocycles. The zero-order valence-corrected chi connectivity index (χ0v) is 6.80. The molecule has 0 fully saturated rings. The molecule has 0 unspecified atom stereocenters. The van der Waals surface area contributed by atoms with E-state index in [4.69, 9.17) is 10.8 Å². The smallest absolute Gasteiger partial charge is 0.165 e. The third-order valence-corrected chi connectivity index (χ3v) is 1.50. The van der Waals surface area contributed by atoms with Gasteiger partial charge in [-0.1, -0.05) is 12.2 Å². The van der Waals surface area contributed by atoms with Crippen LogP contribution in [-0.2, 0) is 0 Å². The minimum Gasteiger partial charge on any atom is -0.505 e. The van der Waals surface area contributed by atoms with Gasteiger partial charge in [-0.2, -0.15) is 0 Å². The van der Waals surface area contributed by atoms with Crippen molar-refractivity contribution in [2.75, 3.05) is 6.54 Å². The van der Waals surface area contributed by atoms with Crippen LogP contribution in [0.1, 0.15) is 5.56 Å². The molecule has 0 saturated carbocycles. The maximum Gasteiger partial charge on any atom is 0.165 e. The molecule has 0 saturated heterocycles. The molecule has 0 aromatic heterocycles. The molecule has 0 bridgehead atoms. The van der Waals surface area contributed by atoms with Gasteiger partial charge in [0.25, 0.3) is 0 Å². The molecule has 0 spiro atoms. The van der Waals surface area contributed by atoms with Crippen LogP contribution in [-0.4, -0.2) is 11.7 Å². The Labute approximate surface area is 74.3 Å². The molecule has 70 valence electrons. The quantitative estimate of drug-likeness (QED) is 0.735. The second-order valence-corrected chi connectivity index (χ2v) is 2.46. The Morgan fingerprint density at radius 2 is 2.00 bits per heavy atom. The van der Waals surface area contributed by atoms with Crippen LogP contribution in [0, 0.1) is 11.6 Å². The summed E-state index contributed by atoms with van der Waals surface area (Å²) in [6.07, 6.45) is 2.85. The van der Waals surface area contributed by atoms with E-state index in [1.807, 2.05) is 0 Å². The highest BCUT2D eigenvalue weighted by atomic mass is 19.1. The van der Waals surface area contributed by atoms with Gasteiger partial charge in [-0.15, -0.1) is 0 Å². The fourth-order valence-corrected chi connectivity index (χ4v) is 0.874. The van der Waals surface area contributed by atoms with E-state index in [2.05, 4.69) is 0 Å². The van der Waals surface area contributed by atoms with E-state index in [0.717, 1.165) is 12.1 Å². The van der Waals surface area contributed by atoms with Gasteiger partial charge >= 0.3 is 0 Å². The van der Waals surface area contributed by atoms with E-state index in [-0.39, 0.29) is 12.1 Å². The van der Waals surface area contributed by atoms with Crippen LogP contribution >= 0.6 is 0 Å². The Morgan fingerprint density at radius 1 is 1.31 bits per heavy atom. The van der Waals surface area contributed by atoms with Crippen molar-refractivity contribution in [2.45, 2.75) is 0 Å². The summed E-state index contributed by atoms with van der Waals surface area (Å²) in [7, 11) is 0. The van der Waals surface area contributed by atoms with Crippen LogP contribution in [0.5, 0.6) is 5.75 Å². The Kier molecular flexibility index (Phi) is 2.97. The van der Waals surface area contributed by atoms with Crippen LogP contribution in [0.3, 0.4) is 0 Å². The zero-order valence-electron chi connectivity index (χ0n) is 6.80. The van der Waals surface area contributed by atoms with Gasteiger partial charge in [0.05, 0.1) is 0 Å². The van der Waals surface area contributed by atoms with E-state index >= 15 is 0 Å². The van der Waals surface area contributed by atoms with Gasteiger partial charge in [0, 0.05) is 18.2 Å². The fourth-order valence-electron chi connectivity index (χ4n) is 0.874. The van der Waals surface area contributed by atoms with Gasteiger partial charge < -0.3 is 10.8 Å². The molecule has 4 heteroatoms. The highest BCUT2D eigenvalue weighted by molar-refractivity contribution is 5.51. The second-order valence-electron chi connectivity index (χ2n) is 2.46. The average Bonchev–Trinajstić information content (AvgIpc) is 2.09. The van der Waals surface area contributed by atoms with Gasteiger partial charge in [-0.25, -0.2) is 8.78 Å². The maximum atomic E-state index is 12.9. The lowest BCUT2D eigenvalue weighted by molar-refractivity contribution is 0.426. The monoisotopic (exact) mass is 185 g/mol. The van der Waals surface area contributed by atoms with Crippen LogP contribution in [0.4, 0.5) is 8.78 Å². The summed E-state index contributed by atoms with van der Waals surface area (Å²) < 4.78 is 25.6. The van der Waals surface area contributed by atoms with Crippen molar-refractivity contribution in [1.29, 1.82) is 0 Å². The Morgan fingerprint density at radius 3 is 2.62 bits per heavy atom. The van der Waals surface area contributed by atoms with E-state index in [1.54, 1.807) is 0 Å². The lowest BCUT2D eigenvalue weighted by Crippen LogP contribution is -1.93. The van der Waals surface area contributed by atoms with Crippen molar-refractivity contribution in [1.82, 2.24) is 0 Å². The largest absolute Gasteiger partial charge is 0.505 e. The van der Waals surface area contributed by atoms with E-state index < -0.39 is 17.4 Å². The van der Waals surface area contributed by atoms with Gasteiger partial charge in [-0.05, 0) is 6.07 Å². The minimum absolute atomic E-state index is 0.0701. The van der Waals surface area contributed by atoms with Crippen molar-refractivity contribution in [3.8, 4) is 5.75 Å². The molecule has 0 amide bonds. The molecule has 1 aromatic carbocycles. The van der Waals surface area contributed by atoms with E-state index in [0.29, 0.717) is 0 Å². The molecule has 0 radical (unpaired) electrons. The Hall–Kier alpha value is -1.42. The van der Waals surface area contributed by atoms with Crippen LogP contribution in [0.2, 0.25) is 0 Å². The van der Waals surface area contributed by atoms with Crippen LogP contribution in [0.25, 0.3) is 6.08 Å². The third-order valence-electron chi connectivity index (χ3n) is 1.50. The van der Waals surface area contributed by atoms with Gasteiger partial charge in [0.15, 0.2) is 11.6 Å². The second kappa shape index (κ2) is 4.00. The Balaban J connectivity index is 3.08. The summed E-state index contributed by atoms with van der Waals surface area (Å²) >= 11 is 0. The van der Waals surface area contributed by atoms with Gasteiger partial charge in [0.2, 0.25) is 0 Å². The number of hydrogen-bond acceptors (Lipinski definition) is 2. The summed E-state index contributed by atoms with van der Waals surface area (Å²) in [6.45, 7) is 0.252. The number of hydrogen-bond donors (Lipinski definition) is 2. The number of phenolic OH excluding ortho intramolecular Hbond substituents is 1. The third kappa shape index (κ3) is 2.26. The standard InChI is InChI=1S/C9H9F2NO/c10-7-5-9(13)8(11)4-6(7)2-1-3-12/h1-2,4-5,13H,3,12H2/b2-1+. The molecule has 1 aromatic rings. The van der Waals surface area contributed by atoms with E-state index in [9.17, 15) is 8.78 Å². The highest BCUT2D eigenvalue weighted by Gasteiger charge is 2.05. The first-order chi connectivity index (χ1) is 6.15. The molecular weight excluding hydrogens is 176 g/mol. The van der Waals surface area contributed by atoms with Crippen molar-refractivity contribution >= 4 is 6.08 Å². The highest BCUT2D eigenvalue weighted by Crippen LogP contribution is 2.20. The van der Waals surface area contributed by atoms with E-state index in [1.165, 1.54) is 12.2 Å². The maximum absolute atomic E-state index is 12.9. The summed E-state index contributed by atoms with van der Waals surface area (Å²) in [5.41, 5.74) is 5.21. The van der Waals surface area contributed by atoms with Crippen LogP contribution in [0.15, 0.2) is 18.2 Å². The first kappa shape index (κ1) is 9.67. The number of halogens is 2. The number of nitrogens with two attached hydrogens (primary N) is 1. The number of aromatic hydroxyl groups is 1. The van der Waals surface area contributed by atoms with Crippen molar-refractivity contribution in [2.24, 2.45) is 5.73 Å². The number of benzene rings is 1. The molecule has 1 rings (SSSR count). The number of rotatable bonds is 2. The zero-order chi connectivity index (χ0) is 9.84. The molecule has 13 heavy (non-hydrogen) atoms. The normalized spacial score (nSPS) is 11.0.